The van der Waals surface area contributed by atoms with Gasteiger partial charge in [0.25, 0.3) is 0 Å². The molecule has 2 N–H and O–H groups in total. The quantitative estimate of drug-likeness (QED) is 0.909. The first-order chi connectivity index (χ1) is 10.6. The molecule has 0 spiro atoms. The number of fused-ring (bicyclic) bond motifs is 1. The topological polar surface area (TPSA) is 67.3 Å². The third-order valence-electron chi connectivity index (χ3n) is 4.66. The van der Waals surface area contributed by atoms with Gasteiger partial charge in [0.2, 0.25) is 0 Å². The summed E-state index contributed by atoms with van der Waals surface area (Å²) in [5.41, 5.74) is 0.362. The number of nitrogens with one attached hydrogen (secondary N) is 1. The molecule has 1 aromatic heterocycles. The van der Waals surface area contributed by atoms with Gasteiger partial charge >= 0.3 is 0 Å². The molecule has 22 heavy (non-hydrogen) atoms. The van der Waals surface area contributed by atoms with Gasteiger partial charge in [-0.15, -0.1) is 0 Å². The van der Waals surface area contributed by atoms with Crippen molar-refractivity contribution in [1.82, 2.24) is 9.97 Å². The number of ether oxygens (including phenoxy) is 1. The Morgan fingerprint density at radius 1 is 1.45 bits per heavy atom. The zero-order valence-electron chi connectivity index (χ0n) is 12.8. The van der Waals surface area contributed by atoms with Crippen LogP contribution in [0.25, 0.3) is 10.9 Å². The number of anilines is 1. The smallest absolute Gasteiger partial charge is 0.167 e. The molecule has 118 valence electrons. The second kappa shape index (κ2) is 5.68. The van der Waals surface area contributed by atoms with Crippen molar-refractivity contribution in [3.63, 3.8) is 0 Å². The average Bonchev–Trinajstić information content (AvgIpc) is 2.88. The zero-order valence-corrected chi connectivity index (χ0v) is 12.8. The van der Waals surface area contributed by atoms with E-state index < -0.39 is 5.82 Å². The summed E-state index contributed by atoms with van der Waals surface area (Å²) in [7, 11) is 1.43. The molecule has 1 heterocycles. The fourth-order valence-electron chi connectivity index (χ4n) is 3.16. The van der Waals surface area contributed by atoms with E-state index in [0.29, 0.717) is 16.7 Å². The Labute approximate surface area is 128 Å². The van der Waals surface area contributed by atoms with E-state index in [-0.39, 0.29) is 23.8 Å². The standard InChI is InChI=1S/C16H20FN3O2/c1-16(8-21)5-3-4-14(16)20-15-10-6-13(22-2)11(17)7-12(10)18-9-19-15/h6-7,9,14,21H,3-5,8H2,1-2H3,(H,18,19,20). The van der Waals surface area contributed by atoms with E-state index in [4.69, 9.17) is 4.74 Å². The lowest BCUT2D eigenvalue weighted by Crippen LogP contribution is -2.36. The fourth-order valence-corrected chi connectivity index (χ4v) is 3.16. The van der Waals surface area contributed by atoms with Gasteiger partial charge in [0, 0.05) is 22.9 Å². The number of aromatic nitrogens is 2. The van der Waals surface area contributed by atoms with Gasteiger partial charge < -0.3 is 15.2 Å². The number of rotatable bonds is 4. The Bertz CT molecular complexity index is 694. The molecule has 0 saturated heterocycles. The Hall–Kier alpha value is -1.95. The van der Waals surface area contributed by atoms with Gasteiger partial charge in [0.15, 0.2) is 11.6 Å². The van der Waals surface area contributed by atoms with E-state index in [1.54, 1.807) is 6.07 Å². The van der Waals surface area contributed by atoms with Gasteiger partial charge in [0.1, 0.15) is 12.1 Å². The summed E-state index contributed by atoms with van der Waals surface area (Å²) in [5, 5.41) is 13.8. The van der Waals surface area contributed by atoms with Crippen molar-refractivity contribution in [1.29, 1.82) is 0 Å². The summed E-state index contributed by atoms with van der Waals surface area (Å²) >= 11 is 0. The van der Waals surface area contributed by atoms with Gasteiger partial charge in [0.05, 0.1) is 19.2 Å². The third-order valence-corrected chi connectivity index (χ3v) is 4.66. The van der Waals surface area contributed by atoms with Crippen molar-refractivity contribution in [2.45, 2.75) is 32.2 Å². The number of benzene rings is 1. The lowest BCUT2D eigenvalue weighted by atomic mass is 9.86. The number of hydrogen-bond acceptors (Lipinski definition) is 5. The van der Waals surface area contributed by atoms with Crippen LogP contribution in [0.15, 0.2) is 18.5 Å². The summed E-state index contributed by atoms with van der Waals surface area (Å²) < 4.78 is 18.8. The van der Waals surface area contributed by atoms with E-state index in [0.717, 1.165) is 19.3 Å². The van der Waals surface area contributed by atoms with E-state index in [9.17, 15) is 9.50 Å². The van der Waals surface area contributed by atoms with Crippen LogP contribution in [0.4, 0.5) is 10.2 Å². The molecule has 2 unspecified atom stereocenters. The maximum atomic E-state index is 13.8. The fraction of sp³-hybridized carbons (Fsp3) is 0.500. The van der Waals surface area contributed by atoms with E-state index >= 15 is 0 Å². The molecule has 1 fully saturated rings. The summed E-state index contributed by atoms with van der Waals surface area (Å²) in [6.07, 6.45) is 4.43. The molecule has 1 saturated carbocycles. The Morgan fingerprint density at radius 2 is 2.27 bits per heavy atom. The Kier molecular flexibility index (Phi) is 3.87. The molecule has 1 aromatic carbocycles. The van der Waals surface area contributed by atoms with Crippen molar-refractivity contribution in [2.24, 2.45) is 5.41 Å². The Morgan fingerprint density at radius 3 is 3.00 bits per heavy atom. The van der Waals surface area contributed by atoms with E-state index in [1.807, 2.05) is 0 Å². The first-order valence-electron chi connectivity index (χ1n) is 7.43. The predicted molar refractivity (Wildman–Crippen MR) is 82.5 cm³/mol. The zero-order chi connectivity index (χ0) is 15.7. The van der Waals surface area contributed by atoms with Gasteiger partial charge in [-0.3, -0.25) is 0 Å². The number of aliphatic hydroxyl groups is 1. The van der Waals surface area contributed by atoms with Crippen molar-refractivity contribution in [3.8, 4) is 5.75 Å². The molecule has 1 aliphatic rings. The molecule has 2 aromatic rings. The lowest BCUT2D eigenvalue weighted by Gasteiger charge is -2.30. The number of methoxy groups -OCH3 is 1. The van der Waals surface area contributed by atoms with Crippen LogP contribution < -0.4 is 10.1 Å². The molecule has 0 aliphatic heterocycles. The third kappa shape index (κ3) is 2.47. The number of nitrogens with zero attached hydrogens (tertiary/aromatic N) is 2. The van der Waals surface area contributed by atoms with Crippen LogP contribution in [0.3, 0.4) is 0 Å². The largest absolute Gasteiger partial charge is 0.494 e. The molecule has 3 rings (SSSR count). The highest BCUT2D eigenvalue weighted by Gasteiger charge is 2.38. The van der Waals surface area contributed by atoms with Crippen molar-refractivity contribution >= 4 is 16.7 Å². The summed E-state index contributed by atoms with van der Waals surface area (Å²) in [4.78, 5) is 8.41. The second-order valence-corrected chi connectivity index (χ2v) is 6.13. The monoisotopic (exact) mass is 305 g/mol. The second-order valence-electron chi connectivity index (χ2n) is 6.13. The molecule has 1 aliphatic carbocycles. The molecule has 0 radical (unpaired) electrons. The normalized spacial score (nSPS) is 24.6. The van der Waals surface area contributed by atoms with Gasteiger partial charge in [-0.1, -0.05) is 13.3 Å². The molecule has 6 heteroatoms. The molecule has 2 atom stereocenters. The van der Waals surface area contributed by atoms with Crippen LogP contribution in [0.1, 0.15) is 26.2 Å². The highest BCUT2D eigenvalue weighted by atomic mass is 19.1. The SMILES string of the molecule is COc1cc2c(NC3CCCC3(C)CO)ncnc2cc1F. The van der Waals surface area contributed by atoms with Crippen LogP contribution in [0.5, 0.6) is 5.75 Å². The van der Waals surface area contributed by atoms with Crippen molar-refractivity contribution in [3.05, 3.63) is 24.3 Å². The highest BCUT2D eigenvalue weighted by Crippen LogP contribution is 2.40. The average molecular weight is 305 g/mol. The summed E-state index contributed by atoms with van der Waals surface area (Å²) in [6, 6.07) is 3.09. The van der Waals surface area contributed by atoms with Crippen LogP contribution in [0, 0.1) is 11.2 Å². The highest BCUT2D eigenvalue weighted by molar-refractivity contribution is 5.90. The molecule has 0 amide bonds. The number of hydrogen-bond donors (Lipinski definition) is 2. The molecular formula is C16H20FN3O2. The molecule has 5 nitrogen and oxygen atoms in total. The van der Waals surface area contributed by atoms with E-state index in [1.165, 1.54) is 19.5 Å². The molecule has 0 bridgehead atoms. The minimum Gasteiger partial charge on any atom is -0.494 e. The van der Waals surface area contributed by atoms with Crippen LogP contribution in [-0.2, 0) is 0 Å². The van der Waals surface area contributed by atoms with Crippen molar-refractivity contribution < 1.29 is 14.2 Å². The van der Waals surface area contributed by atoms with Gasteiger partial charge in [-0.05, 0) is 18.9 Å². The molecular weight excluding hydrogens is 285 g/mol. The number of aliphatic hydroxyl groups excluding tert-OH is 1. The summed E-state index contributed by atoms with van der Waals surface area (Å²) in [5.74, 6) is 0.372. The predicted octanol–water partition coefficient (Wildman–Crippen LogP) is 2.74. The first-order valence-corrected chi connectivity index (χ1v) is 7.43. The maximum Gasteiger partial charge on any atom is 0.167 e. The minimum atomic E-state index is -0.444. The first kappa shape index (κ1) is 15.0. The van der Waals surface area contributed by atoms with Crippen LogP contribution >= 0.6 is 0 Å². The van der Waals surface area contributed by atoms with Crippen molar-refractivity contribution in [2.75, 3.05) is 19.0 Å². The minimum absolute atomic E-state index is 0.131. The summed E-state index contributed by atoms with van der Waals surface area (Å²) in [6.45, 7) is 2.20. The lowest BCUT2D eigenvalue weighted by molar-refractivity contribution is 0.139. The van der Waals surface area contributed by atoms with E-state index in [2.05, 4.69) is 22.2 Å². The Balaban J connectivity index is 2.00. The van der Waals surface area contributed by atoms with Gasteiger partial charge in [-0.2, -0.15) is 0 Å². The maximum absolute atomic E-state index is 13.8. The number of halogens is 1. The van der Waals surface area contributed by atoms with Crippen LogP contribution in [-0.4, -0.2) is 34.8 Å². The van der Waals surface area contributed by atoms with Gasteiger partial charge in [-0.25, -0.2) is 14.4 Å². The van der Waals surface area contributed by atoms with Crippen LogP contribution in [0.2, 0.25) is 0 Å².